The lowest BCUT2D eigenvalue weighted by molar-refractivity contribution is 0.102. The molecule has 0 aliphatic rings. The quantitative estimate of drug-likeness (QED) is 0.470. The van der Waals surface area contributed by atoms with Gasteiger partial charge in [-0.05, 0) is 64.5 Å². The van der Waals surface area contributed by atoms with Crippen LogP contribution in [-0.2, 0) is 0 Å². The third kappa shape index (κ3) is 3.57. The zero-order valence-electron chi connectivity index (χ0n) is 14.4. The van der Waals surface area contributed by atoms with Crippen LogP contribution >= 0.6 is 15.9 Å². The maximum Gasteiger partial charge on any atom is 0.256 e. The molecule has 0 atom stereocenters. The Labute approximate surface area is 164 Å². The van der Waals surface area contributed by atoms with Gasteiger partial charge in [0.05, 0.1) is 12.7 Å². The number of rotatable bonds is 4. The SMILES string of the molecule is COc1ccc2oc(-c3ccc(NC(=O)c4ccccc4Br)cc3)nc2c1. The van der Waals surface area contributed by atoms with E-state index >= 15 is 0 Å². The molecule has 0 spiro atoms. The van der Waals surface area contributed by atoms with Crippen molar-refractivity contribution in [1.29, 1.82) is 0 Å². The van der Waals surface area contributed by atoms with Crippen molar-refractivity contribution in [3.05, 3.63) is 76.8 Å². The van der Waals surface area contributed by atoms with Gasteiger partial charge in [0, 0.05) is 21.8 Å². The molecule has 1 N–H and O–H groups in total. The van der Waals surface area contributed by atoms with Gasteiger partial charge in [-0.15, -0.1) is 0 Å². The van der Waals surface area contributed by atoms with Crippen molar-refractivity contribution >= 4 is 38.6 Å². The summed E-state index contributed by atoms with van der Waals surface area (Å²) in [5.41, 5.74) is 3.52. The number of hydrogen-bond acceptors (Lipinski definition) is 4. The lowest BCUT2D eigenvalue weighted by Gasteiger charge is -2.07. The fourth-order valence-electron chi connectivity index (χ4n) is 2.70. The van der Waals surface area contributed by atoms with E-state index in [1.54, 1.807) is 13.2 Å². The number of oxazole rings is 1. The average molecular weight is 423 g/mol. The number of nitrogens with zero attached hydrogens (tertiary/aromatic N) is 1. The van der Waals surface area contributed by atoms with Crippen LogP contribution in [0.1, 0.15) is 10.4 Å². The average Bonchev–Trinajstić information content (AvgIpc) is 3.12. The number of amides is 1. The molecule has 0 aliphatic heterocycles. The fourth-order valence-corrected chi connectivity index (χ4v) is 3.16. The minimum absolute atomic E-state index is 0.177. The number of benzene rings is 3. The van der Waals surface area contributed by atoms with E-state index in [9.17, 15) is 4.79 Å². The molecular weight excluding hydrogens is 408 g/mol. The zero-order chi connectivity index (χ0) is 18.8. The molecule has 4 aromatic rings. The van der Waals surface area contributed by atoms with Crippen LogP contribution in [0, 0.1) is 0 Å². The Hall–Kier alpha value is -3.12. The highest BCUT2D eigenvalue weighted by Gasteiger charge is 2.11. The topological polar surface area (TPSA) is 64.4 Å². The van der Waals surface area contributed by atoms with E-state index in [1.807, 2.05) is 60.7 Å². The van der Waals surface area contributed by atoms with Crippen molar-refractivity contribution in [2.45, 2.75) is 0 Å². The van der Waals surface area contributed by atoms with Gasteiger partial charge >= 0.3 is 0 Å². The van der Waals surface area contributed by atoms with Gasteiger partial charge in [0.15, 0.2) is 5.58 Å². The van der Waals surface area contributed by atoms with E-state index in [2.05, 4.69) is 26.2 Å². The number of nitrogens with one attached hydrogen (secondary N) is 1. The lowest BCUT2D eigenvalue weighted by Crippen LogP contribution is -2.12. The Balaban J connectivity index is 1.55. The van der Waals surface area contributed by atoms with Crippen molar-refractivity contribution in [3.8, 4) is 17.2 Å². The Bertz CT molecular complexity index is 1120. The number of ether oxygens (including phenoxy) is 1. The van der Waals surface area contributed by atoms with Crippen molar-refractivity contribution in [2.75, 3.05) is 12.4 Å². The molecule has 0 unspecified atom stereocenters. The predicted molar refractivity (Wildman–Crippen MR) is 108 cm³/mol. The summed E-state index contributed by atoms with van der Waals surface area (Å²) in [4.78, 5) is 16.9. The molecule has 5 nitrogen and oxygen atoms in total. The Kier molecular flexibility index (Phi) is 4.64. The molecule has 3 aromatic carbocycles. The summed E-state index contributed by atoms with van der Waals surface area (Å²) < 4.78 is 11.8. The first-order chi connectivity index (χ1) is 13.1. The summed E-state index contributed by atoms with van der Waals surface area (Å²) >= 11 is 3.39. The third-order valence-electron chi connectivity index (χ3n) is 4.10. The lowest BCUT2D eigenvalue weighted by atomic mass is 10.2. The van der Waals surface area contributed by atoms with Crippen molar-refractivity contribution in [2.24, 2.45) is 0 Å². The van der Waals surface area contributed by atoms with E-state index in [1.165, 1.54) is 0 Å². The molecular formula is C21H15BrN2O3. The first kappa shape index (κ1) is 17.3. The third-order valence-corrected chi connectivity index (χ3v) is 4.79. The van der Waals surface area contributed by atoms with Gasteiger partial charge in [-0.1, -0.05) is 12.1 Å². The van der Waals surface area contributed by atoms with Gasteiger partial charge in [0.25, 0.3) is 5.91 Å². The number of methoxy groups -OCH3 is 1. The van der Waals surface area contributed by atoms with Gasteiger partial charge in [-0.3, -0.25) is 4.79 Å². The smallest absolute Gasteiger partial charge is 0.256 e. The Morgan fingerprint density at radius 1 is 1.07 bits per heavy atom. The monoisotopic (exact) mass is 422 g/mol. The Morgan fingerprint density at radius 3 is 2.59 bits per heavy atom. The number of anilines is 1. The van der Waals surface area contributed by atoms with Gasteiger partial charge in [0.2, 0.25) is 5.89 Å². The largest absolute Gasteiger partial charge is 0.497 e. The number of carbonyl (C=O) groups is 1. The van der Waals surface area contributed by atoms with Crippen molar-refractivity contribution in [3.63, 3.8) is 0 Å². The molecule has 0 saturated heterocycles. The van der Waals surface area contributed by atoms with Crippen LogP contribution < -0.4 is 10.1 Å². The standard InChI is InChI=1S/C21H15BrN2O3/c1-26-15-10-11-19-18(12-15)24-21(27-19)13-6-8-14(9-7-13)23-20(25)16-4-2-3-5-17(16)22/h2-12H,1H3,(H,23,25). The summed E-state index contributed by atoms with van der Waals surface area (Å²) in [7, 11) is 1.61. The van der Waals surface area contributed by atoms with E-state index < -0.39 is 0 Å². The fraction of sp³-hybridized carbons (Fsp3) is 0.0476. The highest BCUT2D eigenvalue weighted by Crippen LogP contribution is 2.28. The number of hydrogen-bond donors (Lipinski definition) is 1. The highest BCUT2D eigenvalue weighted by molar-refractivity contribution is 9.10. The van der Waals surface area contributed by atoms with Gasteiger partial charge in [0.1, 0.15) is 11.3 Å². The highest BCUT2D eigenvalue weighted by atomic mass is 79.9. The second kappa shape index (κ2) is 7.25. The molecule has 4 rings (SSSR count). The molecule has 0 saturated carbocycles. The van der Waals surface area contributed by atoms with E-state index in [0.717, 1.165) is 21.3 Å². The number of halogens is 1. The summed E-state index contributed by atoms with van der Waals surface area (Å²) in [5.74, 6) is 1.07. The van der Waals surface area contributed by atoms with Gasteiger partial charge < -0.3 is 14.5 Å². The first-order valence-corrected chi connectivity index (χ1v) is 9.04. The van der Waals surface area contributed by atoms with Crippen LogP contribution in [0.3, 0.4) is 0 Å². The van der Waals surface area contributed by atoms with E-state index in [-0.39, 0.29) is 5.91 Å². The summed E-state index contributed by atoms with van der Waals surface area (Å²) in [6.45, 7) is 0. The molecule has 134 valence electrons. The molecule has 1 amide bonds. The van der Waals surface area contributed by atoms with Gasteiger partial charge in [-0.2, -0.15) is 0 Å². The Morgan fingerprint density at radius 2 is 1.85 bits per heavy atom. The second-order valence-electron chi connectivity index (χ2n) is 5.86. The molecule has 0 aliphatic carbocycles. The zero-order valence-corrected chi connectivity index (χ0v) is 16.0. The molecule has 0 bridgehead atoms. The van der Waals surface area contributed by atoms with E-state index in [4.69, 9.17) is 9.15 Å². The molecule has 1 heterocycles. The summed E-state index contributed by atoms with van der Waals surface area (Å²) in [5, 5.41) is 2.88. The van der Waals surface area contributed by atoms with Crippen LogP contribution in [0.2, 0.25) is 0 Å². The van der Waals surface area contributed by atoms with Crippen molar-refractivity contribution in [1.82, 2.24) is 4.98 Å². The van der Waals surface area contributed by atoms with Crippen LogP contribution in [0.5, 0.6) is 5.75 Å². The molecule has 6 heteroatoms. The molecule has 0 radical (unpaired) electrons. The molecule has 1 aromatic heterocycles. The van der Waals surface area contributed by atoms with Crippen molar-refractivity contribution < 1.29 is 13.9 Å². The molecule has 0 fully saturated rings. The first-order valence-electron chi connectivity index (χ1n) is 8.25. The number of carbonyl (C=O) groups excluding carboxylic acids is 1. The van der Waals surface area contributed by atoms with Crippen LogP contribution in [0.25, 0.3) is 22.6 Å². The van der Waals surface area contributed by atoms with Crippen LogP contribution in [-0.4, -0.2) is 18.0 Å². The maximum atomic E-state index is 12.4. The summed E-state index contributed by atoms with van der Waals surface area (Å²) in [6, 6.07) is 20.1. The van der Waals surface area contributed by atoms with Crippen LogP contribution in [0.4, 0.5) is 5.69 Å². The number of fused-ring (bicyclic) bond motifs is 1. The second-order valence-corrected chi connectivity index (χ2v) is 6.72. The normalized spacial score (nSPS) is 10.7. The minimum atomic E-state index is -0.177. The van der Waals surface area contributed by atoms with Crippen LogP contribution in [0.15, 0.2) is 75.6 Å². The number of aromatic nitrogens is 1. The van der Waals surface area contributed by atoms with E-state index in [0.29, 0.717) is 22.7 Å². The minimum Gasteiger partial charge on any atom is -0.497 e. The molecule has 27 heavy (non-hydrogen) atoms. The van der Waals surface area contributed by atoms with Gasteiger partial charge in [-0.25, -0.2) is 4.98 Å². The predicted octanol–water partition coefficient (Wildman–Crippen LogP) is 5.52. The maximum absolute atomic E-state index is 12.4. The summed E-state index contributed by atoms with van der Waals surface area (Å²) in [6.07, 6.45) is 0.